The fraction of sp³-hybridized carbons (Fsp3) is 0.923. The first-order chi connectivity index (χ1) is 7.65. The van der Waals surface area contributed by atoms with Crippen LogP contribution in [0.5, 0.6) is 0 Å². The quantitative estimate of drug-likeness (QED) is 0.354. The van der Waals surface area contributed by atoms with Crippen molar-refractivity contribution >= 4 is 5.96 Å². The molecule has 0 bridgehead atoms. The summed E-state index contributed by atoms with van der Waals surface area (Å²) in [4.78, 5) is 7.17. The average molecular weight is 247 g/mol. The van der Waals surface area contributed by atoms with E-state index < -0.39 is 0 Å². The lowest BCUT2D eigenvalue weighted by molar-refractivity contribution is -0.841. The van der Waals surface area contributed by atoms with Gasteiger partial charge in [-0.25, -0.2) is 4.99 Å². The largest absolute Gasteiger partial charge is 1.00 e. The summed E-state index contributed by atoms with van der Waals surface area (Å²) < 4.78 is 1.01. The van der Waals surface area contributed by atoms with Crippen LogP contribution in [0.4, 0.5) is 0 Å². The molecule has 0 heterocycles. The Balaban J connectivity index is 0. The normalized spacial score (nSPS) is 12.2. The van der Waals surface area contributed by atoms with E-state index in [9.17, 15) is 0 Å². The van der Waals surface area contributed by atoms with Crippen LogP contribution in [-0.2, 0) is 0 Å². The minimum Gasteiger partial charge on any atom is -1.00 e. The molecule has 17 heavy (non-hydrogen) atoms. The molecule has 104 valence electrons. The third kappa shape index (κ3) is 4.26. The van der Waals surface area contributed by atoms with E-state index in [2.05, 4.69) is 46.4 Å². The standard InChI is InChI=1S/C13H30N3.FH/c1-7-14-13(15(8-2)9-3)16(10-4,11-5)12-6;/h7-12H2,1-6H3;1H/q+1;/p-1. The van der Waals surface area contributed by atoms with Crippen LogP contribution in [0.3, 0.4) is 0 Å². The average Bonchev–Trinajstić information content (AvgIpc) is 2.33. The van der Waals surface area contributed by atoms with Gasteiger partial charge in [-0.1, -0.05) is 0 Å². The summed E-state index contributed by atoms with van der Waals surface area (Å²) in [7, 11) is 0. The van der Waals surface area contributed by atoms with Gasteiger partial charge in [0.25, 0.3) is 5.96 Å². The number of guanidine groups is 1. The van der Waals surface area contributed by atoms with Crippen molar-refractivity contribution in [3.63, 3.8) is 0 Å². The second kappa shape index (κ2) is 9.40. The summed E-state index contributed by atoms with van der Waals surface area (Å²) in [5.74, 6) is 1.28. The first-order valence-corrected chi connectivity index (χ1v) is 6.81. The molecule has 0 aliphatic heterocycles. The maximum absolute atomic E-state index is 4.77. The highest BCUT2D eigenvalue weighted by molar-refractivity contribution is 5.73. The van der Waals surface area contributed by atoms with Crippen molar-refractivity contribution < 1.29 is 9.19 Å². The molecule has 0 radical (unpaired) electrons. The molecule has 0 fully saturated rings. The molecular formula is C13H30FN3. The Hall–Kier alpha value is -0.640. The second-order valence-corrected chi connectivity index (χ2v) is 4.04. The van der Waals surface area contributed by atoms with E-state index >= 15 is 0 Å². The van der Waals surface area contributed by atoms with Crippen LogP contribution < -0.4 is 4.70 Å². The third-order valence-corrected chi connectivity index (χ3v) is 3.59. The van der Waals surface area contributed by atoms with Crippen molar-refractivity contribution in [2.45, 2.75) is 41.5 Å². The second-order valence-electron chi connectivity index (χ2n) is 4.04. The molecule has 0 saturated carbocycles. The molecule has 0 amide bonds. The fourth-order valence-electron chi connectivity index (χ4n) is 2.29. The molecule has 0 rings (SSSR count). The van der Waals surface area contributed by atoms with E-state index in [-0.39, 0.29) is 4.70 Å². The molecule has 0 unspecified atom stereocenters. The maximum atomic E-state index is 4.77. The molecule has 0 N–H and O–H groups in total. The number of quaternary nitrogens is 1. The van der Waals surface area contributed by atoms with Gasteiger partial charge < -0.3 is 9.60 Å². The van der Waals surface area contributed by atoms with Crippen LogP contribution in [0.2, 0.25) is 0 Å². The van der Waals surface area contributed by atoms with Gasteiger partial charge in [0.1, 0.15) is 0 Å². The molecule has 0 aromatic rings. The van der Waals surface area contributed by atoms with Crippen LogP contribution in [0.25, 0.3) is 0 Å². The Bertz CT molecular complexity index is 200. The zero-order valence-electron chi connectivity index (χ0n) is 12.5. The highest BCUT2D eigenvalue weighted by atomic mass is 19.0. The van der Waals surface area contributed by atoms with Crippen LogP contribution in [-0.4, -0.2) is 54.6 Å². The molecule has 3 nitrogen and oxygen atoms in total. The van der Waals surface area contributed by atoms with Gasteiger partial charge in [0.2, 0.25) is 0 Å². The van der Waals surface area contributed by atoms with Crippen LogP contribution in [0, 0.1) is 0 Å². The molecule has 0 aliphatic carbocycles. The van der Waals surface area contributed by atoms with Crippen molar-refractivity contribution in [1.29, 1.82) is 0 Å². The lowest BCUT2D eigenvalue weighted by Crippen LogP contribution is -3.00. The molecule has 0 spiro atoms. The highest BCUT2D eigenvalue weighted by Gasteiger charge is 2.32. The van der Waals surface area contributed by atoms with Crippen LogP contribution in [0.1, 0.15) is 41.5 Å². The van der Waals surface area contributed by atoms with E-state index in [1.807, 2.05) is 0 Å². The predicted octanol–water partition coefficient (Wildman–Crippen LogP) is -0.415. The van der Waals surface area contributed by atoms with E-state index in [4.69, 9.17) is 4.99 Å². The Morgan fingerprint density at radius 1 is 0.882 bits per heavy atom. The number of rotatable bonds is 6. The van der Waals surface area contributed by atoms with Gasteiger partial charge >= 0.3 is 0 Å². The highest BCUT2D eigenvalue weighted by Crippen LogP contribution is 2.12. The maximum Gasteiger partial charge on any atom is 0.300 e. The summed E-state index contributed by atoms with van der Waals surface area (Å²) in [6.07, 6.45) is 0. The summed E-state index contributed by atoms with van der Waals surface area (Å²) in [6.45, 7) is 19.7. The van der Waals surface area contributed by atoms with E-state index in [1.165, 1.54) is 5.96 Å². The third-order valence-electron chi connectivity index (χ3n) is 3.59. The van der Waals surface area contributed by atoms with Gasteiger partial charge in [0.15, 0.2) is 0 Å². The van der Waals surface area contributed by atoms with Crippen molar-refractivity contribution in [2.75, 3.05) is 39.3 Å². The molecule has 0 aromatic carbocycles. The smallest absolute Gasteiger partial charge is 0.300 e. The zero-order valence-corrected chi connectivity index (χ0v) is 12.5. The van der Waals surface area contributed by atoms with Crippen molar-refractivity contribution in [2.24, 2.45) is 4.99 Å². The van der Waals surface area contributed by atoms with Crippen LogP contribution in [0.15, 0.2) is 4.99 Å². The number of nitrogens with zero attached hydrogens (tertiary/aromatic N) is 3. The van der Waals surface area contributed by atoms with Crippen LogP contribution >= 0.6 is 0 Å². The minimum atomic E-state index is 0. The van der Waals surface area contributed by atoms with Gasteiger partial charge in [0, 0.05) is 19.6 Å². The number of hydrogen-bond acceptors (Lipinski definition) is 1. The summed E-state index contributed by atoms with van der Waals surface area (Å²) >= 11 is 0. The summed E-state index contributed by atoms with van der Waals surface area (Å²) in [5, 5.41) is 0. The minimum absolute atomic E-state index is 0. The van der Waals surface area contributed by atoms with E-state index in [1.54, 1.807) is 0 Å². The first kappa shape index (κ1) is 18.7. The summed E-state index contributed by atoms with van der Waals surface area (Å²) in [5.41, 5.74) is 0. The Labute approximate surface area is 106 Å². The van der Waals surface area contributed by atoms with Crippen molar-refractivity contribution in [1.82, 2.24) is 4.90 Å². The lowest BCUT2D eigenvalue weighted by Gasteiger charge is -2.39. The number of hydrogen-bond donors (Lipinski definition) is 0. The first-order valence-electron chi connectivity index (χ1n) is 6.81. The van der Waals surface area contributed by atoms with Gasteiger partial charge in [-0.2, -0.15) is 0 Å². The van der Waals surface area contributed by atoms with E-state index in [0.717, 1.165) is 43.8 Å². The Morgan fingerprint density at radius 3 is 1.53 bits per heavy atom. The van der Waals surface area contributed by atoms with Gasteiger partial charge in [-0.05, 0) is 41.5 Å². The molecule has 0 saturated heterocycles. The lowest BCUT2D eigenvalue weighted by atomic mass is 10.3. The Morgan fingerprint density at radius 2 is 1.29 bits per heavy atom. The predicted molar refractivity (Wildman–Crippen MR) is 72.8 cm³/mol. The number of halogens is 1. The Kier molecular flexibility index (Phi) is 10.3. The molecule has 0 aromatic heterocycles. The SMILES string of the molecule is CCN=C(N(CC)CC)[N+](CC)(CC)CC.[F-]. The fourth-order valence-corrected chi connectivity index (χ4v) is 2.29. The summed E-state index contributed by atoms with van der Waals surface area (Å²) in [6, 6.07) is 0. The van der Waals surface area contributed by atoms with Gasteiger partial charge in [0.05, 0.1) is 19.6 Å². The van der Waals surface area contributed by atoms with Crippen molar-refractivity contribution in [3.8, 4) is 0 Å². The van der Waals surface area contributed by atoms with Crippen molar-refractivity contribution in [3.05, 3.63) is 0 Å². The van der Waals surface area contributed by atoms with Gasteiger partial charge in [-0.3, -0.25) is 4.48 Å². The topological polar surface area (TPSA) is 15.6 Å². The van der Waals surface area contributed by atoms with Gasteiger partial charge in [-0.15, -0.1) is 0 Å². The zero-order chi connectivity index (χ0) is 12.6. The molecular weight excluding hydrogens is 217 g/mol. The van der Waals surface area contributed by atoms with E-state index in [0.29, 0.717) is 0 Å². The monoisotopic (exact) mass is 247 g/mol. The molecule has 4 heteroatoms. The molecule has 0 aliphatic rings. The number of aliphatic imine (C=N–C) groups is 1. The molecule has 0 atom stereocenters.